The molecule has 2 N–H and O–H groups in total. The lowest BCUT2D eigenvalue weighted by atomic mass is 9.97. The molecule has 0 aliphatic heterocycles. The van der Waals surface area contributed by atoms with Crippen molar-refractivity contribution in [1.82, 2.24) is 5.32 Å². The van der Waals surface area contributed by atoms with E-state index < -0.39 is 5.54 Å². The number of hydrogen-bond donors (Lipinski definition) is 2. The van der Waals surface area contributed by atoms with E-state index in [1.54, 1.807) is 0 Å². The third-order valence-corrected chi connectivity index (χ3v) is 4.38. The van der Waals surface area contributed by atoms with Crippen LogP contribution >= 0.6 is 11.6 Å². The van der Waals surface area contributed by atoms with Gasteiger partial charge >= 0.3 is 0 Å². The molecule has 104 valence electrons. The smallest absolute Gasteiger partial charge is 0.253 e. The Kier molecular flexibility index (Phi) is 4.16. The first-order chi connectivity index (χ1) is 8.97. The molecule has 0 spiro atoms. The van der Waals surface area contributed by atoms with Gasteiger partial charge in [-0.3, -0.25) is 4.79 Å². The quantitative estimate of drug-likeness (QED) is 0.895. The lowest BCUT2D eigenvalue weighted by Gasteiger charge is -2.28. The Bertz CT molecular complexity index is 493. The van der Waals surface area contributed by atoms with E-state index in [4.69, 9.17) is 11.6 Å². The second kappa shape index (κ2) is 5.51. The standard InChI is InChI=1S/C15H20ClNO2/c1-10-7-12(13(16)8-11(10)2)14(19)17-15(9-18)5-3-4-6-15/h7-8,18H,3-6,9H2,1-2H3,(H,17,19). The van der Waals surface area contributed by atoms with Crippen molar-refractivity contribution in [2.24, 2.45) is 0 Å². The maximum atomic E-state index is 12.3. The maximum Gasteiger partial charge on any atom is 0.253 e. The van der Waals surface area contributed by atoms with E-state index in [-0.39, 0.29) is 12.5 Å². The lowest BCUT2D eigenvalue weighted by molar-refractivity contribution is 0.0838. The molecule has 1 amide bonds. The van der Waals surface area contributed by atoms with E-state index in [9.17, 15) is 9.90 Å². The first-order valence-corrected chi connectivity index (χ1v) is 7.05. The molecule has 19 heavy (non-hydrogen) atoms. The Hall–Kier alpha value is -1.06. The predicted molar refractivity (Wildman–Crippen MR) is 76.7 cm³/mol. The summed E-state index contributed by atoms with van der Waals surface area (Å²) in [4.78, 5) is 12.3. The molecule has 0 heterocycles. The summed E-state index contributed by atoms with van der Waals surface area (Å²) in [7, 11) is 0. The SMILES string of the molecule is Cc1cc(Cl)c(C(=O)NC2(CO)CCCC2)cc1C. The van der Waals surface area contributed by atoms with E-state index in [0.717, 1.165) is 36.8 Å². The summed E-state index contributed by atoms with van der Waals surface area (Å²) in [6.45, 7) is 3.91. The molecule has 4 heteroatoms. The fourth-order valence-electron chi connectivity index (χ4n) is 2.64. The van der Waals surface area contributed by atoms with Crippen LogP contribution in [0.3, 0.4) is 0 Å². The second-order valence-electron chi connectivity index (χ2n) is 5.52. The van der Waals surface area contributed by atoms with Crippen LogP contribution in [-0.4, -0.2) is 23.2 Å². The molecule has 0 atom stereocenters. The molecule has 3 nitrogen and oxygen atoms in total. The minimum absolute atomic E-state index is 0.0127. The number of carbonyl (C=O) groups is 1. The average molecular weight is 282 g/mol. The van der Waals surface area contributed by atoms with Gasteiger partial charge in [0.1, 0.15) is 0 Å². The van der Waals surface area contributed by atoms with Crippen molar-refractivity contribution in [3.63, 3.8) is 0 Å². The Balaban J connectivity index is 2.22. The first-order valence-electron chi connectivity index (χ1n) is 6.67. The highest BCUT2D eigenvalue weighted by Crippen LogP contribution is 2.30. The molecular formula is C15H20ClNO2. The van der Waals surface area contributed by atoms with Crippen LogP contribution in [0.15, 0.2) is 12.1 Å². The summed E-state index contributed by atoms with van der Waals surface area (Å²) in [6.07, 6.45) is 3.75. The maximum absolute atomic E-state index is 12.3. The van der Waals surface area contributed by atoms with E-state index >= 15 is 0 Å². The number of aliphatic hydroxyl groups is 1. The fraction of sp³-hybridized carbons (Fsp3) is 0.533. The molecule has 0 saturated heterocycles. The molecule has 1 aliphatic rings. The number of halogens is 1. The topological polar surface area (TPSA) is 49.3 Å². The normalized spacial score (nSPS) is 17.5. The van der Waals surface area contributed by atoms with Crippen molar-refractivity contribution in [3.8, 4) is 0 Å². The number of aryl methyl sites for hydroxylation is 2. The van der Waals surface area contributed by atoms with E-state index in [2.05, 4.69) is 5.32 Å². The van der Waals surface area contributed by atoms with Crippen LogP contribution in [0.5, 0.6) is 0 Å². The molecule has 1 fully saturated rings. The highest BCUT2D eigenvalue weighted by atomic mass is 35.5. The number of carbonyl (C=O) groups excluding carboxylic acids is 1. The van der Waals surface area contributed by atoms with Crippen molar-refractivity contribution in [1.29, 1.82) is 0 Å². The summed E-state index contributed by atoms with van der Waals surface area (Å²) in [6, 6.07) is 3.62. The Morgan fingerprint density at radius 3 is 2.47 bits per heavy atom. The zero-order valence-electron chi connectivity index (χ0n) is 11.4. The Labute approximate surface area is 119 Å². The zero-order valence-corrected chi connectivity index (χ0v) is 12.2. The summed E-state index contributed by atoms with van der Waals surface area (Å²) >= 11 is 6.15. The van der Waals surface area contributed by atoms with Gasteiger partial charge in [-0.25, -0.2) is 0 Å². The van der Waals surface area contributed by atoms with Crippen LogP contribution in [0.25, 0.3) is 0 Å². The molecule has 0 aromatic heterocycles. The minimum Gasteiger partial charge on any atom is -0.394 e. The molecule has 2 rings (SSSR count). The molecule has 1 saturated carbocycles. The van der Waals surface area contributed by atoms with Gasteiger partial charge in [0.15, 0.2) is 0 Å². The van der Waals surface area contributed by atoms with Gasteiger partial charge in [0.25, 0.3) is 5.91 Å². The minimum atomic E-state index is -0.459. The number of nitrogens with one attached hydrogen (secondary N) is 1. The van der Waals surface area contributed by atoms with Gasteiger partial charge in [0.05, 0.1) is 22.7 Å². The molecular weight excluding hydrogens is 262 g/mol. The molecule has 1 aromatic rings. The third-order valence-electron chi connectivity index (χ3n) is 4.07. The number of aliphatic hydroxyl groups excluding tert-OH is 1. The number of hydrogen-bond acceptors (Lipinski definition) is 2. The largest absolute Gasteiger partial charge is 0.394 e. The highest BCUT2D eigenvalue weighted by molar-refractivity contribution is 6.34. The van der Waals surface area contributed by atoms with Gasteiger partial charge in [0.2, 0.25) is 0 Å². The van der Waals surface area contributed by atoms with Crippen LogP contribution in [0.4, 0.5) is 0 Å². The summed E-state index contributed by atoms with van der Waals surface area (Å²) in [5.41, 5.74) is 2.14. The fourth-order valence-corrected chi connectivity index (χ4v) is 2.94. The summed E-state index contributed by atoms with van der Waals surface area (Å²) < 4.78 is 0. The monoisotopic (exact) mass is 281 g/mol. The zero-order chi connectivity index (χ0) is 14.0. The number of benzene rings is 1. The molecule has 0 unspecified atom stereocenters. The van der Waals surface area contributed by atoms with Crippen LogP contribution in [0.1, 0.15) is 47.2 Å². The number of rotatable bonds is 3. The van der Waals surface area contributed by atoms with Gasteiger partial charge in [-0.2, -0.15) is 0 Å². The molecule has 0 radical (unpaired) electrons. The van der Waals surface area contributed by atoms with Crippen LogP contribution < -0.4 is 5.32 Å². The van der Waals surface area contributed by atoms with Gasteiger partial charge in [-0.1, -0.05) is 24.4 Å². The van der Waals surface area contributed by atoms with Gasteiger partial charge in [-0.05, 0) is 49.9 Å². The summed E-state index contributed by atoms with van der Waals surface area (Å²) in [5.74, 6) is -0.191. The molecule has 1 aromatic carbocycles. The van der Waals surface area contributed by atoms with E-state index in [1.807, 2.05) is 26.0 Å². The first kappa shape index (κ1) is 14.4. The van der Waals surface area contributed by atoms with Gasteiger partial charge in [0, 0.05) is 0 Å². The van der Waals surface area contributed by atoms with Crippen molar-refractivity contribution in [3.05, 3.63) is 33.8 Å². The van der Waals surface area contributed by atoms with Crippen molar-refractivity contribution >= 4 is 17.5 Å². The van der Waals surface area contributed by atoms with Crippen molar-refractivity contribution < 1.29 is 9.90 Å². The average Bonchev–Trinajstić information content (AvgIpc) is 2.83. The van der Waals surface area contributed by atoms with Gasteiger partial charge < -0.3 is 10.4 Å². The number of amides is 1. The predicted octanol–water partition coefficient (Wildman–Crippen LogP) is 2.99. The van der Waals surface area contributed by atoms with Crippen LogP contribution in [0.2, 0.25) is 5.02 Å². The van der Waals surface area contributed by atoms with E-state index in [0.29, 0.717) is 10.6 Å². The van der Waals surface area contributed by atoms with Gasteiger partial charge in [-0.15, -0.1) is 0 Å². The lowest BCUT2D eigenvalue weighted by Crippen LogP contribution is -2.49. The van der Waals surface area contributed by atoms with Crippen molar-refractivity contribution in [2.45, 2.75) is 45.1 Å². The second-order valence-corrected chi connectivity index (χ2v) is 5.92. The highest BCUT2D eigenvalue weighted by Gasteiger charge is 2.35. The molecule has 1 aliphatic carbocycles. The third kappa shape index (κ3) is 2.93. The Morgan fingerprint density at radius 2 is 1.89 bits per heavy atom. The summed E-state index contributed by atoms with van der Waals surface area (Å²) in [5, 5.41) is 13.0. The Morgan fingerprint density at radius 1 is 1.32 bits per heavy atom. The molecule has 0 bridgehead atoms. The van der Waals surface area contributed by atoms with Crippen LogP contribution in [0, 0.1) is 13.8 Å². The van der Waals surface area contributed by atoms with Crippen molar-refractivity contribution in [2.75, 3.05) is 6.61 Å². The van der Waals surface area contributed by atoms with Crippen LogP contribution in [-0.2, 0) is 0 Å². The van der Waals surface area contributed by atoms with E-state index in [1.165, 1.54) is 0 Å².